The first kappa shape index (κ1) is 18.2. The molecule has 2 aromatic carbocycles. The van der Waals surface area contributed by atoms with E-state index in [-0.39, 0.29) is 41.0 Å². The number of ether oxygens (including phenoxy) is 1. The van der Waals surface area contributed by atoms with E-state index in [2.05, 4.69) is 12.2 Å². The molecule has 0 spiro atoms. The Morgan fingerprint density at radius 2 is 1.58 bits per heavy atom. The predicted octanol–water partition coefficient (Wildman–Crippen LogP) is 3.28. The van der Waals surface area contributed by atoms with Gasteiger partial charge in [0.2, 0.25) is 11.8 Å². The number of rotatable bonds is 4. The minimum Gasteiger partial charge on any atom is -0.423 e. The molecule has 0 aromatic heterocycles. The molecule has 1 heterocycles. The molecule has 6 nitrogen and oxygen atoms in total. The second kappa shape index (κ2) is 6.48. The fraction of sp³-hybridized carbons (Fsp3) is 0.280. The van der Waals surface area contributed by atoms with E-state index >= 15 is 0 Å². The lowest BCUT2D eigenvalue weighted by Crippen LogP contribution is -2.40. The molecule has 1 saturated heterocycles. The molecule has 1 aliphatic heterocycles. The highest BCUT2D eigenvalue weighted by Crippen LogP contribution is 2.65. The lowest BCUT2D eigenvalue weighted by atomic mass is 9.63. The van der Waals surface area contributed by atoms with Crippen LogP contribution < -0.4 is 9.64 Å². The first-order valence-corrected chi connectivity index (χ1v) is 10.5. The summed E-state index contributed by atoms with van der Waals surface area (Å²) >= 11 is 0. The average Bonchev–Trinajstić information content (AvgIpc) is 3.57. The van der Waals surface area contributed by atoms with Gasteiger partial charge < -0.3 is 4.74 Å². The minimum absolute atomic E-state index is 0.156. The lowest BCUT2D eigenvalue weighted by molar-refractivity contribution is -0.124. The Bertz CT molecular complexity index is 1130. The van der Waals surface area contributed by atoms with Gasteiger partial charge in [-0.3, -0.25) is 14.4 Å². The SMILES string of the molecule is O=Cc1ccc(OC(=O)c2cccc(N3C(=O)[C@@H]4[C@H]5C=C[C@@H]([C@@H]6C[C@@H]56)[C@@H]4C3=O)c2)cc1. The van der Waals surface area contributed by atoms with Crippen molar-refractivity contribution in [2.45, 2.75) is 6.42 Å². The van der Waals surface area contributed by atoms with Crippen molar-refractivity contribution in [3.05, 3.63) is 71.8 Å². The molecule has 4 aliphatic carbocycles. The standard InChI is InChI=1S/C25H19NO5/c27-12-13-4-6-16(7-5-13)31-25(30)14-2-1-3-15(10-14)26-23(28)21-17-8-9-18(20-11-19(17)20)22(21)24(26)29/h1-10,12,17-22H,11H2/t17-,18-,19-,20-,21-,22+/m0/s1. The number of carbonyl (C=O) groups excluding carboxylic acids is 4. The first-order chi connectivity index (χ1) is 15.1. The maximum Gasteiger partial charge on any atom is 0.343 e. The van der Waals surface area contributed by atoms with Crippen LogP contribution in [0.2, 0.25) is 0 Å². The maximum atomic E-state index is 13.3. The predicted molar refractivity (Wildman–Crippen MR) is 110 cm³/mol. The number of anilines is 1. The molecule has 0 radical (unpaired) electrons. The van der Waals surface area contributed by atoms with E-state index in [0.717, 1.165) is 6.42 Å². The number of benzene rings is 2. The summed E-state index contributed by atoms with van der Waals surface area (Å²) in [5.74, 6) is 0.232. The maximum absolute atomic E-state index is 13.3. The molecule has 6 atom stereocenters. The van der Waals surface area contributed by atoms with Gasteiger partial charge in [0.15, 0.2) is 0 Å². The Balaban J connectivity index is 1.26. The van der Waals surface area contributed by atoms with Crippen LogP contribution in [-0.2, 0) is 9.59 Å². The summed E-state index contributed by atoms with van der Waals surface area (Å²) in [5.41, 5.74) is 1.13. The van der Waals surface area contributed by atoms with Crippen LogP contribution in [0, 0.1) is 35.5 Å². The number of carbonyl (C=O) groups is 4. The van der Waals surface area contributed by atoms with Crippen molar-refractivity contribution in [2.75, 3.05) is 4.90 Å². The summed E-state index contributed by atoms with van der Waals surface area (Å²) in [6.07, 6.45) is 6.10. The molecule has 3 fully saturated rings. The highest BCUT2D eigenvalue weighted by molar-refractivity contribution is 6.23. The van der Waals surface area contributed by atoms with Crippen LogP contribution in [0.3, 0.4) is 0 Å². The third-order valence-corrected chi connectivity index (χ3v) is 7.23. The Labute approximate surface area is 178 Å². The van der Waals surface area contributed by atoms with E-state index in [1.165, 1.54) is 23.1 Å². The van der Waals surface area contributed by atoms with E-state index in [4.69, 9.17) is 4.74 Å². The molecule has 2 bridgehead atoms. The molecule has 0 unspecified atom stereocenters. The second-order valence-electron chi connectivity index (χ2n) is 8.79. The number of allylic oxidation sites excluding steroid dienone is 2. The van der Waals surface area contributed by atoms with Gasteiger partial charge in [0.1, 0.15) is 12.0 Å². The zero-order valence-electron chi connectivity index (χ0n) is 16.5. The summed E-state index contributed by atoms with van der Waals surface area (Å²) in [4.78, 5) is 51.2. The van der Waals surface area contributed by atoms with Gasteiger partial charge in [0.05, 0.1) is 23.1 Å². The van der Waals surface area contributed by atoms with E-state index in [1.54, 1.807) is 30.3 Å². The van der Waals surface area contributed by atoms with Crippen molar-refractivity contribution in [1.82, 2.24) is 0 Å². The van der Waals surface area contributed by atoms with Crippen LogP contribution in [0.1, 0.15) is 27.1 Å². The molecule has 6 heteroatoms. The zero-order valence-corrected chi connectivity index (χ0v) is 16.5. The monoisotopic (exact) mass is 413 g/mol. The largest absolute Gasteiger partial charge is 0.423 e. The molecule has 2 saturated carbocycles. The van der Waals surface area contributed by atoms with Gasteiger partial charge in [0, 0.05) is 5.56 Å². The van der Waals surface area contributed by atoms with E-state index in [9.17, 15) is 19.2 Å². The van der Waals surface area contributed by atoms with Crippen LogP contribution >= 0.6 is 0 Å². The van der Waals surface area contributed by atoms with Crippen LogP contribution in [0.25, 0.3) is 0 Å². The normalized spacial score (nSPS) is 31.9. The number of hydrogen-bond donors (Lipinski definition) is 0. The van der Waals surface area contributed by atoms with Gasteiger partial charge >= 0.3 is 5.97 Å². The summed E-state index contributed by atoms with van der Waals surface area (Å²) < 4.78 is 5.38. The van der Waals surface area contributed by atoms with E-state index in [0.29, 0.717) is 35.1 Å². The third-order valence-electron chi connectivity index (χ3n) is 7.23. The summed E-state index contributed by atoms with van der Waals surface area (Å²) in [6, 6.07) is 12.6. The Morgan fingerprint density at radius 1 is 0.935 bits per heavy atom. The lowest BCUT2D eigenvalue weighted by Gasteiger charge is -2.37. The topological polar surface area (TPSA) is 80.8 Å². The fourth-order valence-electron chi connectivity index (χ4n) is 5.76. The molecule has 154 valence electrons. The van der Waals surface area contributed by atoms with E-state index < -0.39 is 5.97 Å². The molecule has 2 aromatic rings. The molecule has 2 amide bonds. The smallest absolute Gasteiger partial charge is 0.343 e. The van der Waals surface area contributed by atoms with Gasteiger partial charge in [-0.25, -0.2) is 9.69 Å². The van der Waals surface area contributed by atoms with Gasteiger partial charge in [-0.2, -0.15) is 0 Å². The second-order valence-corrected chi connectivity index (χ2v) is 8.79. The highest BCUT2D eigenvalue weighted by Gasteiger charge is 2.67. The van der Waals surface area contributed by atoms with Crippen molar-refractivity contribution in [3.8, 4) is 5.75 Å². The fourth-order valence-corrected chi connectivity index (χ4v) is 5.76. The molecule has 31 heavy (non-hydrogen) atoms. The van der Waals surface area contributed by atoms with Crippen molar-refractivity contribution < 1.29 is 23.9 Å². The van der Waals surface area contributed by atoms with E-state index in [1.807, 2.05) is 0 Å². The Hall–Kier alpha value is -3.54. The van der Waals surface area contributed by atoms with Crippen molar-refractivity contribution in [1.29, 1.82) is 0 Å². The quantitative estimate of drug-likeness (QED) is 0.253. The van der Waals surface area contributed by atoms with Crippen LogP contribution in [0.15, 0.2) is 60.7 Å². The van der Waals surface area contributed by atoms with Crippen molar-refractivity contribution in [3.63, 3.8) is 0 Å². The third kappa shape index (κ3) is 2.64. The number of imide groups is 1. The van der Waals surface area contributed by atoms with Gasteiger partial charge in [0.25, 0.3) is 0 Å². The number of amides is 2. The Morgan fingerprint density at radius 3 is 2.19 bits per heavy atom. The van der Waals surface area contributed by atoms with Gasteiger partial charge in [-0.05, 0) is 72.6 Å². The van der Waals surface area contributed by atoms with Crippen molar-refractivity contribution in [2.24, 2.45) is 35.5 Å². The molecule has 7 rings (SSSR count). The minimum atomic E-state index is -0.597. The highest BCUT2D eigenvalue weighted by atomic mass is 16.5. The number of aldehydes is 1. The number of hydrogen-bond acceptors (Lipinski definition) is 5. The summed E-state index contributed by atoms with van der Waals surface area (Å²) in [7, 11) is 0. The van der Waals surface area contributed by atoms with Gasteiger partial charge in [-0.1, -0.05) is 18.2 Å². The number of nitrogens with zero attached hydrogens (tertiary/aromatic N) is 1. The first-order valence-electron chi connectivity index (χ1n) is 10.5. The zero-order chi connectivity index (χ0) is 21.3. The molecular formula is C25H19NO5. The molecule has 5 aliphatic rings. The average molecular weight is 413 g/mol. The summed E-state index contributed by atoms with van der Waals surface area (Å²) in [6.45, 7) is 0. The van der Waals surface area contributed by atoms with Crippen LogP contribution in [0.5, 0.6) is 5.75 Å². The molecular weight excluding hydrogens is 394 g/mol. The van der Waals surface area contributed by atoms with Crippen LogP contribution in [-0.4, -0.2) is 24.1 Å². The van der Waals surface area contributed by atoms with Crippen LogP contribution in [0.4, 0.5) is 5.69 Å². The van der Waals surface area contributed by atoms with Gasteiger partial charge in [-0.15, -0.1) is 0 Å². The van der Waals surface area contributed by atoms with Crippen molar-refractivity contribution >= 4 is 29.8 Å². The Kier molecular flexibility index (Phi) is 3.81. The number of esters is 1. The summed E-state index contributed by atoms with van der Waals surface area (Å²) in [5, 5.41) is 0. The molecule has 0 N–H and O–H groups in total.